The summed E-state index contributed by atoms with van der Waals surface area (Å²) < 4.78 is 13.5. The lowest BCUT2D eigenvalue weighted by molar-refractivity contribution is 0.0984. The van der Waals surface area contributed by atoms with Crippen LogP contribution >= 0.6 is 11.3 Å². The molecule has 2 rings (SSSR count). The summed E-state index contributed by atoms with van der Waals surface area (Å²) in [4.78, 5) is 14.5. The van der Waals surface area contributed by atoms with E-state index in [0.29, 0.717) is 18.7 Å². The highest BCUT2D eigenvalue weighted by molar-refractivity contribution is 7.12. The average Bonchev–Trinajstić information content (AvgIpc) is 2.93. The van der Waals surface area contributed by atoms with E-state index < -0.39 is 0 Å². The summed E-state index contributed by atoms with van der Waals surface area (Å²) in [5.41, 5.74) is 0.575. The molecule has 0 bridgehead atoms. The van der Waals surface area contributed by atoms with Crippen LogP contribution in [0.25, 0.3) is 0 Å². The first kappa shape index (κ1) is 13.7. The Morgan fingerprint density at radius 1 is 1.26 bits per heavy atom. The molecule has 4 heteroatoms. The van der Waals surface area contributed by atoms with Gasteiger partial charge in [0, 0.05) is 20.0 Å². The number of ketones is 1. The van der Waals surface area contributed by atoms with Crippen molar-refractivity contribution in [2.24, 2.45) is 0 Å². The Kier molecular flexibility index (Phi) is 4.68. The maximum absolute atomic E-state index is 13.5. The summed E-state index contributed by atoms with van der Waals surface area (Å²) in [5, 5.41) is 1.90. The molecule has 2 nitrogen and oxygen atoms in total. The molecule has 19 heavy (non-hydrogen) atoms. The molecule has 0 aliphatic rings. The van der Waals surface area contributed by atoms with E-state index in [1.807, 2.05) is 35.5 Å². The highest BCUT2D eigenvalue weighted by atomic mass is 32.1. The molecule has 1 aromatic carbocycles. The SMILES string of the molecule is CN(CCCC(=O)c1cccs1)c1ccccc1F. The van der Waals surface area contributed by atoms with Crippen LogP contribution in [0, 0.1) is 5.82 Å². The molecule has 0 amide bonds. The Morgan fingerprint density at radius 3 is 2.74 bits per heavy atom. The van der Waals surface area contributed by atoms with Crippen molar-refractivity contribution in [1.29, 1.82) is 0 Å². The predicted molar refractivity (Wildman–Crippen MR) is 77.6 cm³/mol. The number of para-hydroxylation sites is 1. The fourth-order valence-electron chi connectivity index (χ4n) is 1.92. The van der Waals surface area contributed by atoms with Gasteiger partial charge in [-0.25, -0.2) is 4.39 Å². The number of carbonyl (C=O) groups excluding carboxylic acids is 1. The highest BCUT2D eigenvalue weighted by Crippen LogP contribution is 2.18. The predicted octanol–water partition coefficient (Wildman–Crippen LogP) is 3.99. The van der Waals surface area contributed by atoms with Gasteiger partial charge in [0.2, 0.25) is 0 Å². The summed E-state index contributed by atoms with van der Waals surface area (Å²) in [6, 6.07) is 10.4. The maximum Gasteiger partial charge on any atom is 0.172 e. The Hall–Kier alpha value is -1.68. The van der Waals surface area contributed by atoms with Gasteiger partial charge in [-0.05, 0) is 30.0 Å². The van der Waals surface area contributed by atoms with E-state index in [0.717, 1.165) is 11.3 Å². The van der Waals surface area contributed by atoms with Crippen LogP contribution in [0.15, 0.2) is 41.8 Å². The van der Waals surface area contributed by atoms with Crippen molar-refractivity contribution in [3.8, 4) is 0 Å². The molecule has 0 fully saturated rings. The van der Waals surface area contributed by atoms with Crippen molar-refractivity contribution in [2.45, 2.75) is 12.8 Å². The minimum absolute atomic E-state index is 0.164. The van der Waals surface area contributed by atoms with Crippen LogP contribution in [0.5, 0.6) is 0 Å². The third-order valence-corrected chi connectivity index (χ3v) is 3.87. The fraction of sp³-hybridized carbons (Fsp3) is 0.267. The molecule has 1 heterocycles. The number of hydrogen-bond acceptors (Lipinski definition) is 3. The van der Waals surface area contributed by atoms with Gasteiger partial charge < -0.3 is 4.90 Å². The second-order valence-electron chi connectivity index (χ2n) is 4.38. The number of halogens is 1. The number of benzene rings is 1. The Bertz CT molecular complexity index is 539. The average molecular weight is 277 g/mol. The number of anilines is 1. The summed E-state index contributed by atoms with van der Waals surface area (Å²) in [7, 11) is 1.84. The molecule has 2 aromatic rings. The maximum atomic E-state index is 13.5. The molecule has 100 valence electrons. The second kappa shape index (κ2) is 6.48. The molecule has 1 aromatic heterocycles. The third kappa shape index (κ3) is 3.64. The van der Waals surface area contributed by atoms with Gasteiger partial charge in [0.15, 0.2) is 5.78 Å². The van der Waals surface area contributed by atoms with Crippen LogP contribution in [0.2, 0.25) is 0 Å². The van der Waals surface area contributed by atoms with Gasteiger partial charge in [-0.15, -0.1) is 11.3 Å². The van der Waals surface area contributed by atoms with E-state index >= 15 is 0 Å². The van der Waals surface area contributed by atoms with Gasteiger partial charge in [0.25, 0.3) is 0 Å². The van der Waals surface area contributed by atoms with Gasteiger partial charge in [-0.3, -0.25) is 4.79 Å². The molecular formula is C15H16FNOS. The lowest BCUT2D eigenvalue weighted by Gasteiger charge is -2.19. The van der Waals surface area contributed by atoms with E-state index in [9.17, 15) is 9.18 Å². The Labute approximate surface area is 116 Å². The fourth-order valence-corrected chi connectivity index (χ4v) is 2.61. The molecule has 0 aliphatic carbocycles. The minimum atomic E-state index is -0.227. The number of rotatable bonds is 6. The van der Waals surface area contributed by atoms with E-state index in [2.05, 4.69) is 0 Å². The standard InChI is InChI=1S/C15H16FNOS/c1-17(13-7-3-2-6-12(13)16)10-4-8-14(18)15-9-5-11-19-15/h2-3,5-7,9,11H,4,8,10H2,1H3. The molecule has 0 saturated carbocycles. The van der Waals surface area contributed by atoms with Gasteiger partial charge in [-0.2, -0.15) is 0 Å². The zero-order valence-corrected chi connectivity index (χ0v) is 11.6. The van der Waals surface area contributed by atoms with Crippen LogP contribution in [-0.4, -0.2) is 19.4 Å². The van der Waals surface area contributed by atoms with Gasteiger partial charge in [-0.1, -0.05) is 18.2 Å². The smallest absolute Gasteiger partial charge is 0.172 e. The molecule has 0 unspecified atom stereocenters. The third-order valence-electron chi connectivity index (χ3n) is 2.96. The number of thiophene rings is 1. The summed E-state index contributed by atoms with van der Waals surface area (Å²) in [6.45, 7) is 0.665. The molecule has 0 N–H and O–H groups in total. The number of hydrogen-bond donors (Lipinski definition) is 0. The number of nitrogens with zero attached hydrogens (tertiary/aromatic N) is 1. The topological polar surface area (TPSA) is 20.3 Å². The van der Waals surface area contributed by atoms with Crippen molar-refractivity contribution in [2.75, 3.05) is 18.5 Å². The molecule has 0 aliphatic heterocycles. The van der Waals surface area contributed by atoms with E-state index in [4.69, 9.17) is 0 Å². The summed E-state index contributed by atoms with van der Waals surface area (Å²) in [5.74, 6) is -0.0634. The monoisotopic (exact) mass is 277 g/mol. The minimum Gasteiger partial charge on any atom is -0.372 e. The largest absolute Gasteiger partial charge is 0.372 e. The zero-order valence-electron chi connectivity index (χ0n) is 10.8. The van der Waals surface area contributed by atoms with Crippen molar-refractivity contribution in [3.05, 3.63) is 52.5 Å². The molecule has 0 atom stereocenters. The second-order valence-corrected chi connectivity index (χ2v) is 5.32. The van der Waals surface area contributed by atoms with Crippen molar-refractivity contribution in [3.63, 3.8) is 0 Å². The first-order valence-electron chi connectivity index (χ1n) is 6.21. The Balaban J connectivity index is 1.83. The van der Waals surface area contributed by atoms with Crippen LogP contribution in [-0.2, 0) is 0 Å². The van der Waals surface area contributed by atoms with E-state index in [-0.39, 0.29) is 11.6 Å². The molecule has 0 saturated heterocycles. The van der Waals surface area contributed by atoms with Crippen LogP contribution in [0.1, 0.15) is 22.5 Å². The van der Waals surface area contributed by atoms with Gasteiger partial charge in [0.05, 0.1) is 10.6 Å². The quantitative estimate of drug-likeness (QED) is 0.744. The zero-order chi connectivity index (χ0) is 13.7. The molecular weight excluding hydrogens is 261 g/mol. The first-order chi connectivity index (χ1) is 9.18. The van der Waals surface area contributed by atoms with Crippen molar-refractivity contribution in [1.82, 2.24) is 0 Å². The van der Waals surface area contributed by atoms with Crippen LogP contribution < -0.4 is 4.90 Å². The van der Waals surface area contributed by atoms with E-state index in [1.165, 1.54) is 17.4 Å². The number of Topliss-reactive ketones (excluding diaryl/α,β-unsaturated/α-hetero) is 1. The number of carbonyl (C=O) groups is 1. The molecule has 0 spiro atoms. The van der Waals surface area contributed by atoms with Gasteiger partial charge >= 0.3 is 0 Å². The van der Waals surface area contributed by atoms with Crippen LogP contribution in [0.3, 0.4) is 0 Å². The normalized spacial score (nSPS) is 10.4. The van der Waals surface area contributed by atoms with E-state index in [1.54, 1.807) is 12.1 Å². The first-order valence-corrected chi connectivity index (χ1v) is 7.09. The Morgan fingerprint density at radius 2 is 2.05 bits per heavy atom. The molecule has 0 radical (unpaired) electrons. The summed E-state index contributed by atoms with van der Waals surface area (Å²) >= 11 is 1.47. The lowest BCUT2D eigenvalue weighted by atomic mass is 10.2. The highest BCUT2D eigenvalue weighted by Gasteiger charge is 2.09. The van der Waals surface area contributed by atoms with Crippen molar-refractivity contribution >= 4 is 22.8 Å². The van der Waals surface area contributed by atoms with Crippen LogP contribution in [0.4, 0.5) is 10.1 Å². The summed E-state index contributed by atoms with van der Waals surface area (Å²) in [6.07, 6.45) is 1.22. The van der Waals surface area contributed by atoms with Crippen molar-refractivity contribution < 1.29 is 9.18 Å². The lowest BCUT2D eigenvalue weighted by Crippen LogP contribution is -2.20. The van der Waals surface area contributed by atoms with Gasteiger partial charge in [0.1, 0.15) is 5.82 Å².